The van der Waals surface area contributed by atoms with E-state index < -0.39 is 0 Å². The van der Waals surface area contributed by atoms with Crippen LogP contribution in [-0.2, 0) is 0 Å². The molecule has 0 saturated carbocycles. The SMILES string of the molecule is Cc1ccc(-c2cc(C=C(C#N)C#N)c(Br)s2)s1. The molecule has 0 radical (unpaired) electrons. The number of halogens is 1. The van der Waals surface area contributed by atoms with Gasteiger partial charge in [-0.1, -0.05) is 0 Å². The van der Waals surface area contributed by atoms with Crippen LogP contribution in [0.1, 0.15) is 10.4 Å². The van der Waals surface area contributed by atoms with E-state index in [-0.39, 0.29) is 5.57 Å². The number of hydrogen-bond acceptors (Lipinski definition) is 4. The third-order valence-corrected chi connectivity index (χ3v) is 5.32. The van der Waals surface area contributed by atoms with Crippen LogP contribution in [0.3, 0.4) is 0 Å². The van der Waals surface area contributed by atoms with Crippen molar-refractivity contribution in [1.82, 2.24) is 0 Å². The van der Waals surface area contributed by atoms with Crippen LogP contribution in [-0.4, -0.2) is 0 Å². The van der Waals surface area contributed by atoms with Crippen LogP contribution in [0.2, 0.25) is 0 Å². The summed E-state index contributed by atoms with van der Waals surface area (Å²) in [7, 11) is 0. The number of nitriles is 2. The lowest BCUT2D eigenvalue weighted by Crippen LogP contribution is -1.72. The van der Waals surface area contributed by atoms with Gasteiger partial charge in [0.15, 0.2) is 0 Å². The third-order valence-electron chi connectivity index (χ3n) is 2.24. The van der Waals surface area contributed by atoms with Crippen molar-refractivity contribution in [3.63, 3.8) is 0 Å². The number of hydrogen-bond donors (Lipinski definition) is 0. The Morgan fingerprint density at radius 1 is 1.22 bits per heavy atom. The molecule has 0 aliphatic carbocycles. The topological polar surface area (TPSA) is 47.6 Å². The molecule has 0 saturated heterocycles. The summed E-state index contributed by atoms with van der Waals surface area (Å²) in [5.41, 5.74) is 0.988. The van der Waals surface area contributed by atoms with Crippen molar-refractivity contribution >= 4 is 44.7 Å². The minimum absolute atomic E-state index is 0.113. The lowest BCUT2D eigenvalue weighted by Gasteiger charge is -1.87. The van der Waals surface area contributed by atoms with Crippen molar-refractivity contribution in [2.75, 3.05) is 0 Å². The van der Waals surface area contributed by atoms with E-state index >= 15 is 0 Å². The average molecular weight is 335 g/mol. The smallest absolute Gasteiger partial charge is 0.130 e. The summed E-state index contributed by atoms with van der Waals surface area (Å²) in [6.07, 6.45) is 1.60. The largest absolute Gasteiger partial charge is 0.192 e. The Kier molecular flexibility index (Phi) is 3.98. The predicted molar refractivity (Wildman–Crippen MR) is 79.3 cm³/mol. The fourth-order valence-corrected chi connectivity index (χ4v) is 3.98. The zero-order valence-electron chi connectivity index (χ0n) is 9.40. The molecule has 2 heterocycles. The summed E-state index contributed by atoms with van der Waals surface area (Å²) in [6, 6.07) is 9.90. The molecule has 0 spiro atoms. The Labute approximate surface area is 122 Å². The summed E-state index contributed by atoms with van der Waals surface area (Å²) < 4.78 is 0.937. The van der Waals surface area contributed by atoms with Crippen molar-refractivity contribution in [1.29, 1.82) is 10.5 Å². The van der Waals surface area contributed by atoms with Gasteiger partial charge in [-0.15, -0.1) is 22.7 Å². The Morgan fingerprint density at radius 2 is 1.94 bits per heavy atom. The van der Waals surface area contributed by atoms with Crippen molar-refractivity contribution in [2.45, 2.75) is 6.92 Å². The maximum Gasteiger partial charge on any atom is 0.130 e. The molecule has 2 nitrogen and oxygen atoms in total. The number of nitrogens with zero attached hydrogens (tertiary/aromatic N) is 2. The monoisotopic (exact) mass is 334 g/mol. The maximum absolute atomic E-state index is 8.75. The van der Waals surface area contributed by atoms with Crippen LogP contribution in [0.25, 0.3) is 15.8 Å². The lowest BCUT2D eigenvalue weighted by molar-refractivity contribution is 1.47. The van der Waals surface area contributed by atoms with Crippen LogP contribution in [0.5, 0.6) is 0 Å². The minimum atomic E-state index is 0.113. The third kappa shape index (κ3) is 2.70. The summed E-state index contributed by atoms with van der Waals surface area (Å²) in [6.45, 7) is 2.07. The first-order valence-corrected chi connectivity index (χ1v) is 7.44. The second-order valence-corrected chi connectivity index (χ2v) is 7.19. The van der Waals surface area contributed by atoms with Crippen molar-refractivity contribution < 1.29 is 0 Å². The molecule has 0 fully saturated rings. The van der Waals surface area contributed by atoms with Gasteiger partial charge in [0.2, 0.25) is 0 Å². The first-order chi connectivity index (χ1) is 8.63. The fraction of sp³-hybridized carbons (Fsp3) is 0.0769. The standard InChI is InChI=1S/C13H7BrN2S2/c1-8-2-3-11(17-8)12-5-10(13(14)18-12)4-9(6-15)7-16/h2-5H,1H3. The van der Waals surface area contributed by atoms with Crippen LogP contribution in [0.4, 0.5) is 0 Å². The number of aryl methyl sites for hydroxylation is 1. The van der Waals surface area contributed by atoms with Gasteiger partial charge in [-0.3, -0.25) is 0 Å². The normalized spacial score (nSPS) is 9.56. The highest BCUT2D eigenvalue weighted by molar-refractivity contribution is 9.11. The van der Waals surface area contributed by atoms with Gasteiger partial charge < -0.3 is 0 Å². The van der Waals surface area contributed by atoms with E-state index in [1.807, 2.05) is 18.2 Å². The van der Waals surface area contributed by atoms with E-state index in [2.05, 4.69) is 35.0 Å². The van der Waals surface area contributed by atoms with Gasteiger partial charge in [0.1, 0.15) is 17.7 Å². The van der Waals surface area contributed by atoms with Gasteiger partial charge in [-0.2, -0.15) is 10.5 Å². The molecule has 0 aliphatic heterocycles. The molecule has 2 aromatic heterocycles. The molecule has 0 atom stereocenters. The van der Waals surface area contributed by atoms with Gasteiger partial charge in [-0.25, -0.2) is 0 Å². The Bertz CT molecular complexity index is 679. The minimum Gasteiger partial charge on any atom is -0.192 e. The molecule has 0 bridgehead atoms. The molecular weight excluding hydrogens is 328 g/mol. The molecule has 2 rings (SSSR count). The van der Waals surface area contributed by atoms with Crippen molar-refractivity contribution in [3.05, 3.63) is 38.0 Å². The summed E-state index contributed by atoms with van der Waals surface area (Å²) in [5.74, 6) is 0. The summed E-state index contributed by atoms with van der Waals surface area (Å²) in [4.78, 5) is 3.61. The second kappa shape index (κ2) is 5.49. The van der Waals surface area contributed by atoms with Crippen LogP contribution >= 0.6 is 38.6 Å². The first kappa shape index (κ1) is 13.0. The van der Waals surface area contributed by atoms with Gasteiger partial charge in [0, 0.05) is 20.2 Å². The molecule has 2 aromatic rings. The molecule has 0 N–H and O–H groups in total. The molecule has 88 valence electrons. The predicted octanol–water partition coefficient (Wildman–Crippen LogP) is 4.98. The quantitative estimate of drug-likeness (QED) is 0.727. The molecular formula is C13H7BrN2S2. The Hall–Kier alpha value is -1.40. The Morgan fingerprint density at radius 3 is 2.50 bits per heavy atom. The highest BCUT2D eigenvalue weighted by Gasteiger charge is 2.09. The van der Waals surface area contributed by atoms with Crippen LogP contribution in [0, 0.1) is 29.6 Å². The van der Waals surface area contributed by atoms with Crippen molar-refractivity contribution in [2.24, 2.45) is 0 Å². The van der Waals surface area contributed by atoms with Crippen molar-refractivity contribution in [3.8, 4) is 21.9 Å². The zero-order chi connectivity index (χ0) is 13.1. The number of rotatable bonds is 2. The molecule has 5 heteroatoms. The Balaban J connectivity index is 2.43. The van der Waals surface area contributed by atoms with E-state index in [1.165, 1.54) is 9.75 Å². The number of thiophene rings is 2. The van der Waals surface area contributed by atoms with Gasteiger partial charge >= 0.3 is 0 Å². The van der Waals surface area contributed by atoms with E-state index in [9.17, 15) is 0 Å². The maximum atomic E-state index is 8.75. The highest BCUT2D eigenvalue weighted by atomic mass is 79.9. The molecule has 0 aliphatic rings. The highest BCUT2D eigenvalue weighted by Crippen LogP contribution is 2.39. The van der Waals surface area contributed by atoms with E-state index in [1.54, 1.807) is 28.7 Å². The lowest BCUT2D eigenvalue weighted by atomic mass is 10.2. The van der Waals surface area contributed by atoms with E-state index in [0.29, 0.717) is 0 Å². The average Bonchev–Trinajstić information content (AvgIpc) is 2.93. The van der Waals surface area contributed by atoms with Crippen LogP contribution in [0.15, 0.2) is 27.6 Å². The first-order valence-electron chi connectivity index (χ1n) is 5.02. The second-order valence-electron chi connectivity index (χ2n) is 3.53. The summed E-state index contributed by atoms with van der Waals surface area (Å²) >= 11 is 6.81. The van der Waals surface area contributed by atoms with E-state index in [4.69, 9.17) is 10.5 Å². The van der Waals surface area contributed by atoms with Crippen LogP contribution < -0.4 is 0 Å². The van der Waals surface area contributed by atoms with Gasteiger partial charge in [-0.05, 0) is 47.1 Å². The zero-order valence-corrected chi connectivity index (χ0v) is 12.6. The molecule has 0 unspecified atom stereocenters. The van der Waals surface area contributed by atoms with Gasteiger partial charge in [0.05, 0.1) is 3.79 Å². The van der Waals surface area contributed by atoms with Gasteiger partial charge in [0.25, 0.3) is 0 Å². The molecule has 0 amide bonds. The number of allylic oxidation sites excluding steroid dienone is 1. The van der Waals surface area contributed by atoms with E-state index in [0.717, 1.165) is 14.2 Å². The fourth-order valence-electron chi connectivity index (χ4n) is 1.41. The molecule has 0 aromatic carbocycles. The molecule has 18 heavy (non-hydrogen) atoms. The summed E-state index contributed by atoms with van der Waals surface area (Å²) in [5, 5.41) is 17.5.